The number of thioether (sulfide) groups is 1. The highest BCUT2D eigenvalue weighted by atomic mass is 35.5. The van der Waals surface area contributed by atoms with E-state index in [1.807, 2.05) is 36.9 Å². The molecule has 0 aromatic heterocycles. The van der Waals surface area contributed by atoms with Gasteiger partial charge in [0.1, 0.15) is 11.1 Å². The molecule has 1 aromatic rings. The summed E-state index contributed by atoms with van der Waals surface area (Å²) in [7, 11) is 1.65. The Labute approximate surface area is 198 Å². The Kier molecular flexibility index (Phi) is 5.46. The number of nitrogens with zero attached hydrogens (tertiary/aromatic N) is 1. The molecule has 0 radical (unpaired) electrons. The summed E-state index contributed by atoms with van der Waals surface area (Å²) in [5.41, 5.74) is 5.07. The van der Waals surface area contributed by atoms with Crippen molar-refractivity contribution >= 4 is 40.6 Å². The molecule has 0 amide bonds. The normalized spacial score (nSPS) is 31.3. The molecule has 1 aromatic carbocycles. The SMILES string of the molecule is COc1cc(Cl)ccc1C1=C(C2OC(C)(C)OC2=O)C(C)=NC2SC3=C(C(C)CCC3)C12. The van der Waals surface area contributed by atoms with Gasteiger partial charge in [-0.3, -0.25) is 4.99 Å². The second kappa shape index (κ2) is 7.93. The van der Waals surface area contributed by atoms with Crippen LogP contribution in [0.15, 0.2) is 39.2 Å². The van der Waals surface area contributed by atoms with Gasteiger partial charge < -0.3 is 14.2 Å². The molecule has 0 spiro atoms. The fraction of sp³-hybridized carbons (Fsp3) is 0.520. The standard InChI is InChI=1S/C25H28ClNO4S/c1-12-7-6-8-17-18(12)21-20(15-10-9-14(26)11-16(15)29-5)19(13(2)27-23(21)32-17)22-24(28)31-25(3,4)30-22/h9-12,21-23H,6-8H2,1-5H3. The topological polar surface area (TPSA) is 57.1 Å². The maximum atomic E-state index is 13.0. The first-order chi connectivity index (χ1) is 15.2. The van der Waals surface area contributed by atoms with Crippen LogP contribution in [0.1, 0.15) is 52.5 Å². The average Bonchev–Trinajstić information content (AvgIpc) is 3.23. The highest BCUT2D eigenvalue weighted by Crippen LogP contribution is 2.58. The van der Waals surface area contributed by atoms with E-state index in [2.05, 4.69) is 6.92 Å². The summed E-state index contributed by atoms with van der Waals surface area (Å²) in [6.07, 6.45) is 2.65. The van der Waals surface area contributed by atoms with E-state index in [4.69, 9.17) is 30.8 Å². The van der Waals surface area contributed by atoms with Crippen molar-refractivity contribution in [2.24, 2.45) is 16.8 Å². The average molecular weight is 474 g/mol. The third kappa shape index (κ3) is 3.51. The largest absolute Gasteiger partial charge is 0.496 e. The van der Waals surface area contributed by atoms with Crippen LogP contribution in [0.4, 0.5) is 0 Å². The number of benzene rings is 1. The summed E-state index contributed by atoms with van der Waals surface area (Å²) >= 11 is 8.18. The maximum absolute atomic E-state index is 13.0. The van der Waals surface area contributed by atoms with Crippen molar-refractivity contribution in [3.05, 3.63) is 44.8 Å². The van der Waals surface area contributed by atoms with Crippen LogP contribution < -0.4 is 4.74 Å². The zero-order valence-corrected chi connectivity index (χ0v) is 20.6. The Hall–Kier alpha value is -1.76. The smallest absolute Gasteiger partial charge is 0.342 e. The Balaban J connectivity index is 1.77. The number of ether oxygens (including phenoxy) is 3. The van der Waals surface area contributed by atoms with E-state index in [1.165, 1.54) is 23.3 Å². The number of dihydropyridines is 1. The van der Waals surface area contributed by atoms with Crippen LogP contribution in [0.5, 0.6) is 5.75 Å². The highest BCUT2D eigenvalue weighted by molar-refractivity contribution is 8.04. The van der Waals surface area contributed by atoms with E-state index >= 15 is 0 Å². The lowest BCUT2D eigenvalue weighted by atomic mass is 9.73. The summed E-state index contributed by atoms with van der Waals surface area (Å²) in [6.45, 7) is 7.81. The number of esters is 1. The molecule has 0 N–H and O–H groups in total. The minimum atomic E-state index is -0.978. The van der Waals surface area contributed by atoms with Crippen LogP contribution in [-0.4, -0.2) is 36.1 Å². The number of hydrogen-bond acceptors (Lipinski definition) is 6. The van der Waals surface area contributed by atoms with E-state index < -0.39 is 11.9 Å². The lowest BCUT2D eigenvalue weighted by molar-refractivity contribution is -0.160. The molecule has 1 aliphatic carbocycles. The number of hydrogen-bond donors (Lipinski definition) is 0. The summed E-state index contributed by atoms with van der Waals surface area (Å²) in [6, 6.07) is 5.70. The number of carbonyl (C=O) groups excluding carboxylic acids is 1. The number of fused-ring (bicyclic) bond motifs is 2. The lowest BCUT2D eigenvalue weighted by Crippen LogP contribution is -2.34. The first-order valence-electron chi connectivity index (χ1n) is 11.1. The van der Waals surface area contributed by atoms with Crippen LogP contribution in [0.3, 0.4) is 0 Å². The van der Waals surface area contributed by atoms with E-state index in [0.29, 0.717) is 16.7 Å². The van der Waals surface area contributed by atoms with Crippen molar-refractivity contribution < 1.29 is 19.0 Å². The van der Waals surface area contributed by atoms with Crippen molar-refractivity contribution in [3.8, 4) is 5.75 Å². The van der Waals surface area contributed by atoms with Gasteiger partial charge in [-0.1, -0.05) is 18.5 Å². The fourth-order valence-corrected chi connectivity index (χ4v) is 7.31. The van der Waals surface area contributed by atoms with Crippen molar-refractivity contribution in [1.82, 2.24) is 0 Å². The monoisotopic (exact) mass is 473 g/mol. The number of methoxy groups -OCH3 is 1. The quantitative estimate of drug-likeness (QED) is 0.502. The minimum absolute atomic E-state index is 0.0603. The number of carbonyl (C=O) groups is 1. The number of halogens is 1. The molecule has 4 aliphatic rings. The molecule has 4 unspecified atom stereocenters. The zero-order valence-electron chi connectivity index (χ0n) is 19.0. The van der Waals surface area contributed by atoms with Gasteiger partial charge in [-0.05, 0) is 66.4 Å². The molecule has 0 saturated carbocycles. The van der Waals surface area contributed by atoms with Crippen LogP contribution in [-0.2, 0) is 14.3 Å². The minimum Gasteiger partial charge on any atom is -0.496 e. The summed E-state index contributed by atoms with van der Waals surface area (Å²) in [5.74, 6) is -0.128. The van der Waals surface area contributed by atoms with Crippen LogP contribution in [0, 0.1) is 11.8 Å². The van der Waals surface area contributed by atoms with Gasteiger partial charge >= 0.3 is 5.97 Å². The van der Waals surface area contributed by atoms with Crippen LogP contribution >= 0.6 is 23.4 Å². The van der Waals surface area contributed by atoms with Crippen LogP contribution in [0.2, 0.25) is 5.02 Å². The number of allylic oxidation sites excluding steroid dienone is 1. The summed E-state index contributed by atoms with van der Waals surface area (Å²) in [4.78, 5) is 19.5. The van der Waals surface area contributed by atoms with Crippen molar-refractivity contribution in [2.75, 3.05) is 7.11 Å². The third-order valence-electron chi connectivity index (χ3n) is 6.77. The van der Waals surface area contributed by atoms with Gasteiger partial charge in [0.25, 0.3) is 0 Å². The molecule has 3 aliphatic heterocycles. The first-order valence-corrected chi connectivity index (χ1v) is 12.4. The predicted octanol–water partition coefficient (Wildman–Crippen LogP) is 6.02. The fourth-order valence-electron chi connectivity index (χ4n) is 5.50. The first kappa shape index (κ1) is 22.1. The van der Waals surface area contributed by atoms with Crippen molar-refractivity contribution in [1.29, 1.82) is 0 Å². The molecule has 1 saturated heterocycles. The van der Waals surface area contributed by atoms with Gasteiger partial charge in [0, 0.05) is 41.6 Å². The lowest BCUT2D eigenvalue weighted by Gasteiger charge is -2.34. The van der Waals surface area contributed by atoms with Crippen molar-refractivity contribution in [3.63, 3.8) is 0 Å². The Morgan fingerprint density at radius 1 is 1.28 bits per heavy atom. The molecular formula is C25H28ClNO4S. The van der Waals surface area contributed by atoms with Gasteiger partial charge in [-0.15, -0.1) is 11.8 Å². The van der Waals surface area contributed by atoms with Gasteiger partial charge in [-0.2, -0.15) is 0 Å². The zero-order chi connectivity index (χ0) is 22.8. The molecule has 170 valence electrons. The molecule has 5 nitrogen and oxygen atoms in total. The van der Waals surface area contributed by atoms with Gasteiger partial charge in [-0.25, -0.2) is 4.79 Å². The number of cyclic esters (lactones) is 1. The Morgan fingerprint density at radius 2 is 2.06 bits per heavy atom. The molecule has 4 atom stereocenters. The molecule has 5 rings (SSSR count). The van der Waals surface area contributed by atoms with Crippen molar-refractivity contribution in [2.45, 2.75) is 64.2 Å². The Morgan fingerprint density at radius 3 is 2.75 bits per heavy atom. The highest BCUT2D eigenvalue weighted by Gasteiger charge is 2.50. The maximum Gasteiger partial charge on any atom is 0.342 e. The van der Waals surface area contributed by atoms with E-state index in [9.17, 15) is 4.79 Å². The third-order valence-corrected chi connectivity index (χ3v) is 8.35. The van der Waals surface area contributed by atoms with E-state index in [1.54, 1.807) is 21.0 Å². The molecule has 1 fully saturated rings. The predicted molar refractivity (Wildman–Crippen MR) is 128 cm³/mol. The molecule has 0 bridgehead atoms. The van der Waals surface area contributed by atoms with E-state index in [0.717, 1.165) is 28.8 Å². The molecule has 7 heteroatoms. The number of rotatable bonds is 3. The van der Waals surface area contributed by atoms with Gasteiger partial charge in [0.15, 0.2) is 6.10 Å². The molecule has 3 heterocycles. The summed E-state index contributed by atoms with van der Waals surface area (Å²) < 4.78 is 17.4. The molecule has 32 heavy (non-hydrogen) atoms. The second-order valence-corrected chi connectivity index (χ2v) is 11.0. The van der Waals surface area contributed by atoms with Gasteiger partial charge in [0.05, 0.1) is 7.11 Å². The summed E-state index contributed by atoms with van der Waals surface area (Å²) in [5, 5.41) is 0.667. The number of aliphatic imine (C=N–C) groups is 1. The second-order valence-electron chi connectivity index (χ2n) is 9.36. The van der Waals surface area contributed by atoms with Crippen LogP contribution in [0.25, 0.3) is 5.57 Å². The van der Waals surface area contributed by atoms with E-state index in [-0.39, 0.29) is 17.3 Å². The molecular weight excluding hydrogens is 446 g/mol. The van der Waals surface area contributed by atoms with Gasteiger partial charge in [0.2, 0.25) is 5.79 Å². The Bertz CT molecular complexity index is 1090.